The molecule has 1 unspecified atom stereocenters. The number of anilines is 1. The van der Waals surface area contributed by atoms with E-state index in [2.05, 4.69) is 15.3 Å². The number of hydrogen-bond acceptors (Lipinski definition) is 5. The quantitative estimate of drug-likeness (QED) is 0.559. The zero-order valence-electron chi connectivity index (χ0n) is 14.2. The highest BCUT2D eigenvalue weighted by Crippen LogP contribution is 2.32. The van der Waals surface area contributed by atoms with Crippen molar-refractivity contribution in [3.63, 3.8) is 0 Å². The zero-order valence-corrected chi connectivity index (χ0v) is 14.2. The van der Waals surface area contributed by atoms with Crippen LogP contribution in [-0.2, 0) is 0 Å². The minimum atomic E-state index is -0.496. The van der Waals surface area contributed by atoms with Crippen molar-refractivity contribution in [2.45, 2.75) is 26.8 Å². The fraction of sp³-hybridized carbons (Fsp3) is 0.222. The number of aromatic nitrogens is 2. The first-order valence-corrected chi connectivity index (χ1v) is 7.87. The van der Waals surface area contributed by atoms with E-state index in [1.54, 1.807) is 6.07 Å². The predicted octanol–water partition coefficient (Wildman–Crippen LogP) is 3.62. The first-order valence-electron chi connectivity index (χ1n) is 7.87. The van der Waals surface area contributed by atoms with Gasteiger partial charge >= 0.3 is 0 Å². The Kier molecular flexibility index (Phi) is 4.22. The van der Waals surface area contributed by atoms with Gasteiger partial charge in [0.1, 0.15) is 5.69 Å². The lowest BCUT2D eigenvalue weighted by molar-refractivity contribution is -0.383. The lowest BCUT2D eigenvalue weighted by Gasteiger charge is -2.19. The van der Waals surface area contributed by atoms with Crippen LogP contribution in [0.3, 0.4) is 0 Å². The Morgan fingerprint density at radius 1 is 1.28 bits per heavy atom. The number of nitrogens with zero attached hydrogens (tertiary/aromatic N) is 2. The number of nitrogens with one attached hydrogen (secondary N) is 2. The van der Waals surface area contributed by atoms with Gasteiger partial charge in [0.15, 0.2) is 0 Å². The van der Waals surface area contributed by atoms with Crippen LogP contribution in [-0.4, -0.2) is 14.9 Å². The average molecular weight is 338 g/mol. The summed E-state index contributed by atoms with van der Waals surface area (Å²) in [6.07, 6.45) is 1.29. The highest BCUT2D eigenvalue weighted by molar-refractivity contribution is 5.86. The molecule has 2 aromatic carbocycles. The first-order chi connectivity index (χ1) is 11.9. The molecule has 1 aromatic heterocycles. The molecule has 0 saturated carbocycles. The number of fused-ring (bicyclic) bond motifs is 1. The second kappa shape index (κ2) is 6.35. The van der Waals surface area contributed by atoms with Gasteiger partial charge in [-0.25, -0.2) is 4.98 Å². The van der Waals surface area contributed by atoms with Gasteiger partial charge in [-0.15, -0.1) is 0 Å². The van der Waals surface area contributed by atoms with Crippen LogP contribution in [0.2, 0.25) is 0 Å². The monoisotopic (exact) mass is 338 g/mol. The van der Waals surface area contributed by atoms with E-state index in [0.717, 1.165) is 16.7 Å². The second-order valence-corrected chi connectivity index (χ2v) is 6.03. The first kappa shape index (κ1) is 16.6. The molecule has 25 heavy (non-hydrogen) atoms. The standard InChI is InChI=1S/C18H18N4O3/c1-10-5-4-6-13(11(10)2)12(3)21-16-8-15-14(7-17(16)22(24)25)18(23)20-9-19-15/h4-9,12,21H,1-3H3,(H,19,20,23). The fourth-order valence-electron chi connectivity index (χ4n) is 2.92. The topological polar surface area (TPSA) is 101 Å². The molecule has 1 atom stereocenters. The van der Waals surface area contributed by atoms with Gasteiger partial charge in [-0.05, 0) is 43.5 Å². The molecule has 0 spiro atoms. The molecule has 128 valence electrons. The third-order valence-corrected chi connectivity index (χ3v) is 4.44. The smallest absolute Gasteiger partial charge is 0.293 e. The van der Waals surface area contributed by atoms with Gasteiger partial charge in [0.25, 0.3) is 11.2 Å². The van der Waals surface area contributed by atoms with Crippen molar-refractivity contribution in [3.8, 4) is 0 Å². The summed E-state index contributed by atoms with van der Waals surface area (Å²) in [7, 11) is 0. The van der Waals surface area contributed by atoms with E-state index < -0.39 is 10.5 Å². The molecule has 0 aliphatic rings. The largest absolute Gasteiger partial charge is 0.373 e. The number of aromatic amines is 1. The maximum atomic E-state index is 11.9. The highest BCUT2D eigenvalue weighted by atomic mass is 16.6. The summed E-state index contributed by atoms with van der Waals surface area (Å²) in [5.74, 6) is 0. The average Bonchev–Trinajstić information content (AvgIpc) is 2.56. The van der Waals surface area contributed by atoms with Gasteiger partial charge in [-0.2, -0.15) is 0 Å². The van der Waals surface area contributed by atoms with Gasteiger partial charge in [0.2, 0.25) is 0 Å². The van der Waals surface area contributed by atoms with Crippen molar-refractivity contribution in [1.82, 2.24) is 9.97 Å². The van der Waals surface area contributed by atoms with Crippen LogP contribution in [0, 0.1) is 24.0 Å². The van der Waals surface area contributed by atoms with Crippen LogP contribution in [0.1, 0.15) is 29.7 Å². The summed E-state index contributed by atoms with van der Waals surface area (Å²) in [4.78, 5) is 29.3. The Labute approximate surface area is 143 Å². The summed E-state index contributed by atoms with van der Waals surface area (Å²) in [6, 6.07) is 8.66. The molecule has 1 heterocycles. The van der Waals surface area contributed by atoms with Gasteiger partial charge in [0.05, 0.1) is 22.2 Å². The highest BCUT2D eigenvalue weighted by Gasteiger charge is 2.20. The van der Waals surface area contributed by atoms with Gasteiger partial charge < -0.3 is 10.3 Å². The zero-order chi connectivity index (χ0) is 18.1. The van der Waals surface area contributed by atoms with E-state index in [4.69, 9.17) is 0 Å². The van der Waals surface area contributed by atoms with Crippen LogP contribution < -0.4 is 10.9 Å². The van der Waals surface area contributed by atoms with Crippen molar-refractivity contribution in [2.24, 2.45) is 0 Å². The van der Waals surface area contributed by atoms with E-state index in [1.807, 2.05) is 39.0 Å². The number of nitro benzene ring substituents is 1. The van der Waals surface area contributed by atoms with Crippen molar-refractivity contribution < 1.29 is 4.92 Å². The third-order valence-electron chi connectivity index (χ3n) is 4.44. The lowest BCUT2D eigenvalue weighted by Crippen LogP contribution is -2.12. The van der Waals surface area contributed by atoms with E-state index in [9.17, 15) is 14.9 Å². The molecule has 0 aliphatic heterocycles. The van der Waals surface area contributed by atoms with Crippen molar-refractivity contribution in [1.29, 1.82) is 0 Å². The summed E-state index contributed by atoms with van der Waals surface area (Å²) in [5, 5.41) is 14.8. The minimum Gasteiger partial charge on any atom is -0.373 e. The van der Waals surface area contributed by atoms with Crippen LogP contribution in [0.25, 0.3) is 10.9 Å². The summed E-state index contributed by atoms with van der Waals surface area (Å²) in [5.41, 5.74) is 3.56. The molecule has 0 bridgehead atoms. The molecular weight excluding hydrogens is 320 g/mol. The van der Waals surface area contributed by atoms with Gasteiger partial charge in [-0.3, -0.25) is 14.9 Å². The van der Waals surface area contributed by atoms with Crippen LogP contribution >= 0.6 is 0 Å². The van der Waals surface area contributed by atoms with Crippen LogP contribution in [0.15, 0.2) is 41.5 Å². The molecule has 3 rings (SSSR count). The lowest BCUT2D eigenvalue weighted by atomic mass is 9.98. The molecule has 3 aromatic rings. The SMILES string of the molecule is Cc1cccc(C(C)Nc2cc3nc[nH]c(=O)c3cc2[N+](=O)[O-])c1C. The number of nitro groups is 1. The van der Waals surface area contributed by atoms with Crippen molar-refractivity contribution >= 4 is 22.3 Å². The Morgan fingerprint density at radius 3 is 2.76 bits per heavy atom. The van der Waals surface area contributed by atoms with Crippen LogP contribution in [0.5, 0.6) is 0 Å². The van der Waals surface area contributed by atoms with E-state index >= 15 is 0 Å². The van der Waals surface area contributed by atoms with Gasteiger partial charge in [-0.1, -0.05) is 18.2 Å². The maximum absolute atomic E-state index is 11.9. The molecule has 7 heteroatoms. The Morgan fingerprint density at radius 2 is 2.04 bits per heavy atom. The van der Waals surface area contributed by atoms with E-state index in [1.165, 1.54) is 12.4 Å². The van der Waals surface area contributed by atoms with E-state index in [-0.39, 0.29) is 17.1 Å². The number of aryl methyl sites for hydroxylation is 1. The Hall–Kier alpha value is -3.22. The summed E-state index contributed by atoms with van der Waals surface area (Å²) in [6.45, 7) is 6.00. The second-order valence-electron chi connectivity index (χ2n) is 6.03. The Bertz CT molecular complexity index is 1030. The number of benzene rings is 2. The normalized spacial score (nSPS) is 12.1. The van der Waals surface area contributed by atoms with Gasteiger partial charge in [0, 0.05) is 12.1 Å². The minimum absolute atomic E-state index is 0.141. The predicted molar refractivity (Wildman–Crippen MR) is 97.0 cm³/mol. The van der Waals surface area contributed by atoms with E-state index in [0.29, 0.717) is 11.2 Å². The van der Waals surface area contributed by atoms with Crippen molar-refractivity contribution in [3.05, 3.63) is 73.8 Å². The molecular formula is C18H18N4O3. The molecule has 0 aliphatic carbocycles. The fourth-order valence-corrected chi connectivity index (χ4v) is 2.92. The van der Waals surface area contributed by atoms with Crippen LogP contribution in [0.4, 0.5) is 11.4 Å². The maximum Gasteiger partial charge on any atom is 0.293 e. The molecule has 7 nitrogen and oxygen atoms in total. The molecule has 0 fully saturated rings. The number of hydrogen-bond donors (Lipinski definition) is 2. The summed E-state index contributed by atoms with van der Waals surface area (Å²) < 4.78 is 0. The molecule has 0 amide bonds. The molecule has 2 N–H and O–H groups in total. The Balaban J connectivity index is 2.08. The van der Waals surface area contributed by atoms with Crippen molar-refractivity contribution in [2.75, 3.05) is 5.32 Å². The third kappa shape index (κ3) is 3.08. The number of rotatable bonds is 4. The summed E-state index contributed by atoms with van der Waals surface area (Å²) >= 11 is 0. The molecule has 0 saturated heterocycles. The number of H-pyrrole nitrogens is 1. The molecule has 0 radical (unpaired) electrons.